The number of nitrogens with zero attached hydrogens (tertiary/aromatic N) is 1. The van der Waals surface area contributed by atoms with Gasteiger partial charge in [0.15, 0.2) is 17.3 Å². The maximum atomic E-state index is 13.9. The summed E-state index contributed by atoms with van der Waals surface area (Å²) in [5.41, 5.74) is 3.50. The Morgan fingerprint density at radius 2 is 1.64 bits per heavy atom. The second kappa shape index (κ2) is 10.2. The Bertz CT molecular complexity index is 1690. The van der Waals surface area contributed by atoms with Crippen LogP contribution in [0, 0.1) is 0 Å². The highest BCUT2D eigenvalue weighted by atomic mass is 32.2. The molecule has 0 saturated heterocycles. The molecule has 1 aliphatic rings. The number of ketones is 1. The lowest BCUT2D eigenvalue weighted by molar-refractivity contribution is -0.119. The van der Waals surface area contributed by atoms with Crippen LogP contribution in [0.15, 0.2) is 71.8 Å². The average Bonchev–Trinajstić information content (AvgIpc) is 3.52. The third-order valence-corrected chi connectivity index (χ3v) is 8.42. The number of hydrogen-bond acceptors (Lipinski definition) is 6. The molecule has 2 heterocycles. The fourth-order valence-electron chi connectivity index (χ4n) is 4.88. The van der Waals surface area contributed by atoms with Gasteiger partial charge in [0, 0.05) is 29.2 Å². The van der Waals surface area contributed by atoms with Crippen molar-refractivity contribution in [3.05, 3.63) is 89.1 Å². The number of carbonyl (C=O) groups excluding carboxylic acids is 2. The molecule has 1 amide bonds. The zero-order valence-electron chi connectivity index (χ0n) is 22.2. The lowest BCUT2D eigenvalue weighted by Crippen LogP contribution is -2.35. The molecule has 202 valence electrons. The quantitative estimate of drug-likeness (QED) is 0.299. The molecule has 4 aromatic rings. The largest absolute Gasteiger partial charge is 0.454 e. The standard InChI is InChI=1S/C30H30N2O6S/c1-5-32-16-25(24-12-8-21(19(4)33)14-26(24)32)29(22-9-13-27-28(15-22)38-17-37-27)30(34)31-39(35,36)23-10-6-20(7-11-23)18(2)3/h6-16,18,29H,5,17H2,1-4H3,(H,31,34). The molecule has 1 aromatic heterocycles. The summed E-state index contributed by atoms with van der Waals surface area (Å²) in [5, 5.41) is 0.748. The summed E-state index contributed by atoms with van der Waals surface area (Å²) in [5.74, 6) is -0.475. The van der Waals surface area contributed by atoms with Crippen molar-refractivity contribution in [1.29, 1.82) is 0 Å². The van der Waals surface area contributed by atoms with E-state index >= 15 is 0 Å². The second-order valence-electron chi connectivity index (χ2n) is 9.90. The van der Waals surface area contributed by atoms with E-state index in [2.05, 4.69) is 4.72 Å². The van der Waals surface area contributed by atoms with Crippen molar-refractivity contribution in [2.75, 3.05) is 6.79 Å². The van der Waals surface area contributed by atoms with Gasteiger partial charge in [0.25, 0.3) is 10.0 Å². The number of Topliss-reactive ketones (excluding diaryl/α,β-unsaturated/α-hetero) is 1. The first-order valence-corrected chi connectivity index (χ1v) is 14.3. The van der Waals surface area contributed by atoms with Crippen molar-refractivity contribution in [2.24, 2.45) is 0 Å². The van der Waals surface area contributed by atoms with Crippen LogP contribution in [0.5, 0.6) is 11.5 Å². The van der Waals surface area contributed by atoms with Crippen LogP contribution in [0.2, 0.25) is 0 Å². The minimum absolute atomic E-state index is 0.00627. The highest BCUT2D eigenvalue weighted by Crippen LogP contribution is 2.39. The number of amides is 1. The molecule has 9 heteroatoms. The van der Waals surface area contributed by atoms with Crippen LogP contribution in [0.1, 0.15) is 66.6 Å². The Kier molecular flexibility index (Phi) is 6.94. The molecule has 0 spiro atoms. The van der Waals surface area contributed by atoms with E-state index in [4.69, 9.17) is 9.47 Å². The third kappa shape index (κ3) is 5.02. The first-order chi connectivity index (χ1) is 18.6. The molecule has 8 nitrogen and oxygen atoms in total. The highest BCUT2D eigenvalue weighted by Gasteiger charge is 2.31. The van der Waals surface area contributed by atoms with Gasteiger partial charge in [-0.05, 0) is 66.8 Å². The second-order valence-corrected chi connectivity index (χ2v) is 11.6. The number of sulfonamides is 1. The molecule has 1 N–H and O–H groups in total. The minimum Gasteiger partial charge on any atom is -0.454 e. The summed E-state index contributed by atoms with van der Waals surface area (Å²) in [6, 6.07) is 17.0. The van der Waals surface area contributed by atoms with Crippen LogP contribution in [-0.4, -0.2) is 31.5 Å². The zero-order valence-corrected chi connectivity index (χ0v) is 23.0. The molecular weight excluding hydrogens is 516 g/mol. The van der Waals surface area contributed by atoms with Crippen LogP contribution >= 0.6 is 0 Å². The molecule has 39 heavy (non-hydrogen) atoms. The van der Waals surface area contributed by atoms with Crippen LogP contribution in [-0.2, 0) is 21.4 Å². The van der Waals surface area contributed by atoms with E-state index in [1.54, 1.807) is 48.5 Å². The molecule has 0 saturated carbocycles. The van der Waals surface area contributed by atoms with Crippen molar-refractivity contribution in [2.45, 2.75) is 51.0 Å². The van der Waals surface area contributed by atoms with E-state index in [1.165, 1.54) is 19.1 Å². The normalized spacial score (nSPS) is 13.6. The topological polar surface area (TPSA) is 104 Å². The van der Waals surface area contributed by atoms with Gasteiger partial charge in [-0.2, -0.15) is 0 Å². The van der Waals surface area contributed by atoms with Gasteiger partial charge in [0.1, 0.15) is 0 Å². The number of aromatic nitrogens is 1. The molecule has 1 aliphatic heterocycles. The van der Waals surface area contributed by atoms with Crippen LogP contribution in [0.3, 0.4) is 0 Å². The smallest absolute Gasteiger partial charge is 0.264 e. The average molecular weight is 547 g/mol. The number of carbonyl (C=O) groups is 2. The van der Waals surface area contributed by atoms with Crippen molar-refractivity contribution < 1.29 is 27.5 Å². The Balaban J connectivity index is 1.61. The van der Waals surface area contributed by atoms with Gasteiger partial charge in [-0.15, -0.1) is 0 Å². The van der Waals surface area contributed by atoms with Crippen molar-refractivity contribution in [1.82, 2.24) is 9.29 Å². The minimum atomic E-state index is -4.15. The van der Waals surface area contributed by atoms with E-state index in [0.717, 1.165) is 16.5 Å². The van der Waals surface area contributed by atoms with Crippen molar-refractivity contribution >= 4 is 32.6 Å². The number of nitrogens with one attached hydrogen (secondary N) is 1. The van der Waals surface area contributed by atoms with E-state index in [9.17, 15) is 18.0 Å². The Labute approximate surface area is 227 Å². The molecule has 0 fully saturated rings. The predicted octanol–water partition coefficient (Wildman–Crippen LogP) is 5.35. The zero-order chi connectivity index (χ0) is 27.9. The number of aryl methyl sites for hydroxylation is 1. The number of benzene rings is 3. The third-order valence-electron chi connectivity index (χ3n) is 7.06. The summed E-state index contributed by atoms with van der Waals surface area (Å²) < 4.78 is 41.8. The van der Waals surface area contributed by atoms with Gasteiger partial charge in [-0.1, -0.05) is 44.2 Å². The van der Waals surface area contributed by atoms with Crippen LogP contribution < -0.4 is 14.2 Å². The molecule has 0 bridgehead atoms. The van der Waals surface area contributed by atoms with Crippen LogP contribution in [0.4, 0.5) is 0 Å². The van der Waals surface area contributed by atoms with Gasteiger partial charge >= 0.3 is 0 Å². The molecule has 0 aliphatic carbocycles. The Hall–Kier alpha value is -4.11. The fourth-order valence-corrected chi connectivity index (χ4v) is 5.87. The van der Waals surface area contributed by atoms with Crippen molar-refractivity contribution in [3.63, 3.8) is 0 Å². The van der Waals surface area contributed by atoms with Gasteiger partial charge < -0.3 is 14.0 Å². The van der Waals surface area contributed by atoms with E-state index in [1.807, 2.05) is 31.5 Å². The first-order valence-electron chi connectivity index (χ1n) is 12.8. The van der Waals surface area contributed by atoms with Crippen LogP contribution in [0.25, 0.3) is 10.9 Å². The van der Waals surface area contributed by atoms with Gasteiger partial charge in [-0.3, -0.25) is 9.59 Å². The highest BCUT2D eigenvalue weighted by molar-refractivity contribution is 7.90. The first kappa shape index (κ1) is 26.5. The molecule has 3 aromatic carbocycles. The number of ether oxygens (including phenoxy) is 2. The number of rotatable bonds is 8. The molecule has 1 atom stereocenters. The predicted molar refractivity (Wildman–Crippen MR) is 148 cm³/mol. The summed E-state index contributed by atoms with van der Waals surface area (Å²) in [4.78, 5) is 26.0. The fraction of sp³-hybridized carbons (Fsp3) is 0.267. The number of fused-ring (bicyclic) bond motifs is 2. The Morgan fingerprint density at radius 1 is 0.949 bits per heavy atom. The SMILES string of the molecule is CCn1cc(C(C(=O)NS(=O)(=O)c2ccc(C(C)C)cc2)c2ccc3c(c2)OCO3)c2ccc(C(C)=O)cc21. The Morgan fingerprint density at radius 3 is 2.31 bits per heavy atom. The lowest BCUT2D eigenvalue weighted by Gasteiger charge is -2.18. The summed E-state index contributed by atoms with van der Waals surface area (Å²) >= 11 is 0. The summed E-state index contributed by atoms with van der Waals surface area (Å²) in [6.45, 7) is 8.17. The lowest BCUT2D eigenvalue weighted by atomic mass is 9.90. The maximum absolute atomic E-state index is 13.9. The van der Waals surface area contributed by atoms with Gasteiger partial charge in [-0.25, -0.2) is 13.1 Å². The van der Waals surface area contributed by atoms with E-state index in [-0.39, 0.29) is 23.4 Å². The molecule has 1 unspecified atom stereocenters. The van der Waals surface area contributed by atoms with Crippen molar-refractivity contribution in [3.8, 4) is 11.5 Å². The summed E-state index contributed by atoms with van der Waals surface area (Å²) in [7, 11) is -4.15. The molecule has 5 rings (SSSR count). The van der Waals surface area contributed by atoms with Gasteiger partial charge in [0.05, 0.1) is 10.8 Å². The summed E-state index contributed by atoms with van der Waals surface area (Å²) in [6.07, 6.45) is 1.84. The molecular formula is C30H30N2O6S. The number of hydrogen-bond donors (Lipinski definition) is 1. The van der Waals surface area contributed by atoms with Gasteiger partial charge in [0.2, 0.25) is 12.7 Å². The van der Waals surface area contributed by atoms with E-state index < -0.39 is 21.8 Å². The monoisotopic (exact) mass is 546 g/mol. The maximum Gasteiger partial charge on any atom is 0.264 e. The van der Waals surface area contributed by atoms with E-state index in [0.29, 0.717) is 34.7 Å². The molecule has 0 radical (unpaired) electrons.